The molecule has 0 radical (unpaired) electrons. The van der Waals surface area contributed by atoms with E-state index in [1.54, 1.807) is 0 Å². The highest BCUT2D eigenvalue weighted by atomic mass is 16.2. The van der Waals surface area contributed by atoms with Crippen molar-refractivity contribution in [1.82, 2.24) is 10.2 Å². The highest BCUT2D eigenvalue weighted by molar-refractivity contribution is 5.78. The first-order valence-electron chi connectivity index (χ1n) is 8.21. The number of rotatable bonds is 7. The van der Waals surface area contributed by atoms with Gasteiger partial charge in [0, 0.05) is 32.9 Å². The van der Waals surface area contributed by atoms with Crippen molar-refractivity contribution in [3.63, 3.8) is 0 Å². The number of likely N-dealkylation sites (N-methyl/N-ethyl adjacent to an activating group) is 1. The van der Waals surface area contributed by atoms with Crippen LogP contribution >= 0.6 is 0 Å². The molecule has 0 heterocycles. The van der Waals surface area contributed by atoms with Gasteiger partial charge in [0.05, 0.1) is 6.54 Å². The summed E-state index contributed by atoms with van der Waals surface area (Å²) in [4.78, 5) is 16.2. The average Bonchev–Trinajstić information content (AvgIpc) is 2.54. The predicted molar refractivity (Wildman–Crippen MR) is 100 cm³/mol. The summed E-state index contributed by atoms with van der Waals surface area (Å²) in [6.45, 7) is 3.79. The molecule has 2 aromatic carbocycles. The highest BCUT2D eigenvalue weighted by Gasteiger charge is 2.08. The zero-order valence-corrected chi connectivity index (χ0v) is 15.0. The monoisotopic (exact) mass is 325 g/mol. The minimum atomic E-state index is 0.0469. The van der Waals surface area contributed by atoms with Crippen LogP contribution in [0.5, 0.6) is 0 Å². The van der Waals surface area contributed by atoms with Crippen LogP contribution in [-0.2, 0) is 17.9 Å². The number of hydrogen-bond acceptors (Lipinski definition) is 3. The van der Waals surface area contributed by atoms with Crippen LogP contribution in [0.25, 0.3) is 0 Å². The number of benzene rings is 2. The van der Waals surface area contributed by atoms with Crippen LogP contribution in [0.3, 0.4) is 0 Å². The average molecular weight is 325 g/mol. The van der Waals surface area contributed by atoms with Crippen LogP contribution in [0.15, 0.2) is 48.5 Å². The number of hydrogen-bond donors (Lipinski definition) is 1. The summed E-state index contributed by atoms with van der Waals surface area (Å²) in [7, 11) is 6.02. The van der Waals surface area contributed by atoms with Crippen molar-refractivity contribution in [1.29, 1.82) is 0 Å². The SMILES string of the molecule is Cc1ccccc1CNC(=O)CN(C)Cc1ccc(N(C)C)cc1. The number of carbonyl (C=O) groups excluding carboxylic acids is 1. The standard InChI is InChI=1S/C20H27N3O/c1-16-7-5-6-8-18(16)13-21-20(24)15-23(4)14-17-9-11-19(12-10-17)22(2)3/h5-12H,13-15H2,1-4H3,(H,21,24). The summed E-state index contributed by atoms with van der Waals surface area (Å²) in [5, 5.41) is 2.99. The van der Waals surface area contributed by atoms with E-state index in [9.17, 15) is 4.79 Å². The lowest BCUT2D eigenvalue weighted by Crippen LogP contribution is -2.34. The lowest BCUT2D eigenvalue weighted by atomic mass is 10.1. The van der Waals surface area contributed by atoms with Crippen molar-refractivity contribution in [2.45, 2.75) is 20.0 Å². The van der Waals surface area contributed by atoms with E-state index in [1.807, 2.05) is 44.2 Å². The van der Waals surface area contributed by atoms with E-state index in [-0.39, 0.29) is 5.91 Å². The Morgan fingerprint density at radius 2 is 1.67 bits per heavy atom. The van der Waals surface area contributed by atoms with Crippen LogP contribution in [0.2, 0.25) is 0 Å². The minimum Gasteiger partial charge on any atom is -0.378 e. The number of amides is 1. The third-order valence-corrected chi connectivity index (χ3v) is 4.06. The second-order valence-electron chi connectivity index (χ2n) is 6.44. The summed E-state index contributed by atoms with van der Waals surface area (Å²) in [6.07, 6.45) is 0. The molecule has 4 heteroatoms. The largest absolute Gasteiger partial charge is 0.378 e. The lowest BCUT2D eigenvalue weighted by Gasteiger charge is -2.18. The Labute approximate surface area is 145 Å². The number of carbonyl (C=O) groups is 1. The molecule has 128 valence electrons. The number of nitrogens with one attached hydrogen (secondary N) is 1. The van der Waals surface area contributed by atoms with Gasteiger partial charge in [-0.25, -0.2) is 0 Å². The number of anilines is 1. The Morgan fingerprint density at radius 3 is 2.29 bits per heavy atom. The first kappa shape index (κ1) is 18.0. The van der Waals surface area contributed by atoms with Crippen molar-refractivity contribution in [3.8, 4) is 0 Å². The minimum absolute atomic E-state index is 0.0469. The molecule has 0 spiro atoms. The highest BCUT2D eigenvalue weighted by Crippen LogP contribution is 2.13. The van der Waals surface area contributed by atoms with Crippen LogP contribution in [0.1, 0.15) is 16.7 Å². The molecule has 0 aliphatic carbocycles. The normalized spacial score (nSPS) is 10.7. The first-order valence-corrected chi connectivity index (χ1v) is 8.21. The summed E-state index contributed by atoms with van der Waals surface area (Å²) in [6, 6.07) is 16.5. The maximum Gasteiger partial charge on any atom is 0.234 e. The second kappa shape index (κ2) is 8.50. The second-order valence-corrected chi connectivity index (χ2v) is 6.44. The van der Waals surface area contributed by atoms with E-state index in [4.69, 9.17) is 0 Å². The van der Waals surface area contributed by atoms with Gasteiger partial charge in [-0.05, 0) is 42.8 Å². The Balaban J connectivity index is 1.80. The molecular formula is C20H27N3O. The molecule has 1 amide bonds. The quantitative estimate of drug-likeness (QED) is 0.850. The third kappa shape index (κ3) is 5.39. The van der Waals surface area contributed by atoms with Gasteiger partial charge in [0.25, 0.3) is 0 Å². The van der Waals surface area contributed by atoms with E-state index in [0.29, 0.717) is 13.1 Å². The summed E-state index contributed by atoms with van der Waals surface area (Å²) < 4.78 is 0. The topological polar surface area (TPSA) is 35.6 Å². The van der Waals surface area contributed by atoms with Crippen LogP contribution in [0, 0.1) is 6.92 Å². The molecule has 0 aliphatic rings. The molecule has 2 aromatic rings. The molecule has 0 atom stereocenters. The Kier molecular flexibility index (Phi) is 6.38. The van der Waals surface area contributed by atoms with E-state index < -0.39 is 0 Å². The van der Waals surface area contributed by atoms with Crippen molar-refractivity contribution >= 4 is 11.6 Å². The van der Waals surface area contributed by atoms with Crippen LogP contribution in [0.4, 0.5) is 5.69 Å². The molecule has 0 aromatic heterocycles. The molecular weight excluding hydrogens is 298 g/mol. The van der Waals surface area contributed by atoms with Gasteiger partial charge in [0.1, 0.15) is 0 Å². The fourth-order valence-electron chi connectivity index (χ4n) is 2.57. The summed E-state index contributed by atoms with van der Waals surface area (Å²) in [5.41, 5.74) is 4.74. The molecule has 0 unspecified atom stereocenters. The molecule has 0 saturated carbocycles. The molecule has 0 saturated heterocycles. The zero-order valence-electron chi connectivity index (χ0n) is 15.0. The van der Waals surface area contributed by atoms with Crippen molar-refractivity contribution in [2.75, 3.05) is 32.6 Å². The Hall–Kier alpha value is -2.33. The van der Waals surface area contributed by atoms with Crippen molar-refractivity contribution in [2.24, 2.45) is 0 Å². The molecule has 0 bridgehead atoms. The Morgan fingerprint density at radius 1 is 1.00 bits per heavy atom. The van der Waals surface area contributed by atoms with Crippen molar-refractivity contribution < 1.29 is 4.79 Å². The fraction of sp³-hybridized carbons (Fsp3) is 0.350. The van der Waals surface area contributed by atoms with Gasteiger partial charge in [-0.1, -0.05) is 36.4 Å². The zero-order chi connectivity index (χ0) is 17.5. The number of aryl methyl sites for hydroxylation is 1. The lowest BCUT2D eigenvalue weighted by molar-refractivity contribution is -0.122. The van der Waals surface area contributed by atoms with Gasteiger partial charge < -0.3 is 10.2 Å². The number of nitrogens with zero attached hydrogens (tertiary/aromatic N) is 2. The van der Waals surface area contributed by atoms with E-state index >= 15 is 0 Å². The van der Waals surface area contributed by atoms with E-state index in [1.165, 1.54) is 16.8 Å². The fourth-order valence-corrected chi connectivity index (χ4v) is 2.57. The summed E-state index contributed by atoms with van der Waals surface area (Å²) >= 11 is 0. The molecule has 0 aliphatic heterocycles. The van der Waals surface area contributed by atoms with Crippen LogP contribution in [-0.4, -0.2) is 38.5 Å². The van der Waals surface area contributed by atoms with E-state index in [2.05, 4.69) is 47.5 Å². The summed E-state index contributed by atoms with van der Waals surface area (Å²) in [5.74, 6) is 0.0469. The molecule has 0 fully saturated rings. The van der Waals surface area contributed by atoms with Gasteiger partial charge in [-0.2, -0.15) is 0 Å². The maximum atomic E-state index is 12.1. The van der Waals surface area contributed by atoms with Gasteiger partial charge in [0.15, 0.2) is 0 Å². The van der Waals surface area contributed by atoms with Gasteiger partial charge in [-0.3, -0.25) is 9.69 Å². The van der Waals surface area contributed by atoms with Crippen molar-refractivity contribution in [3.05, 3.63) is 65.2 Å². The van der Waals surface area contributed by atoms with Gasteiger partial charge >= 0.3 is 0 Å². The smallest absolute Gasteiger partial charge is 0.234 e. The maximum absolute atomic E-state index is 12.1. The van der Waals surface area contributed by atoms with Gasteiger partial charge in [0.2, 0.25) is 5.91 Å². The third-order valence-electron chi connectivity index (χ3n) is 4.06. The Bertz CT molecular complexity index is 665. The first-order chi connectivity index (χ1) is 11.5. The van der Waals surface area contributed by atoms with Gasteiger partial charge in [-0.15, -0.1) is 0 Å². The molecule has 24 heavy (non-hydrogen) atoms. The molecule has 1 N–H and O–H groups in total. The molecule has 4 nitrogen and oxygen atoms in total. The van der Waals surface area contributed by atoms with E-state index in [0.717, 1.165) is 12.1 Å². The molecule has 2 rings (SSSR count). The predicted octanol–water partition coefficient (Wildman–Crippen LogP) is 2.81. The van der Waals surface area contributed by atoms with Crippen LogP contribution < -0.4 is 10.2 Å².